The fourth-order valence-electron chi connectivity index (χ4n) is 6.45. The van der Waals surface area contributed by atoms with Crippen molar-refractivity contribution in [3.63, 3.8) is 0 Å². The van der Waals surface area contributed by atoms with Gasteiger partial charge >= 0.3 is 0 Å². The van der Waals surface area contributed by atoms with Gasteiger partial charge in [0.1, 0.15) is 0 Å². The number of nitrogens with zero attached hydrogens (tertiary/aromatic N) is 3. The maximum absolute atomic E-state index is 7.23. The molecule has 0 fully saturated rings. The quantitative estimate of drug-likeness (QED) is 0.156. The molecule has 3 aromatic heterocycles. The molecule has 8 rings (SSSR count). The molecular formula is C46H41IrN3S-2. The summed E-state index contributed by atoms with van der Waals surface area (Å²) >= 11 is 1.67. The molecule has 1 radical (unpaired) electrons. The number of aryl methyl sites for hydroxylation is 2. The molecule has 5 aromatic carbocycles. The Morgan fingerprint density at radius 2 is 1.47 bits per heavy atom. The molecule has 0 aliphatic carbocycles. The molecule has 0 amide bonds. The summed E-state index contributed by atoms with van der Waals surface area (Å²) in [5.74, 6) is 1.73. The normalized spacial score (nSPS) is 12.3. The average Bonchev–Trinajstić information content (AvgIpc) is 3.76. The van der Waals surface area contributed by atoms with Crippen molar-refractivity contribution in [1.29, 1.82) is 0 Å². The van der Waals surface area contributed by atoms with E-state index in [-0.39, 0.29) is 25.7 Å². The molecule has 3 nitrogen and oxygen atoms in total. The van der Waals surface area contributed by atoms with Gasteiger partial charge in [-0.15, -0.1) is 41.3 Å². The van der Waals surface area contributed by atoms with Crippen LogP contribution < -0.4 is 0 Å². The van der Waals surface area contributed by atoms with E-state index < -0.39 is 6.85 Å². The second-order valence-corrected chi connectivity index (χ2v) is 14.1. The third kappa shape index (κ3) is 7.53. The van der Waals surface area contributed by atoms with Crippen molar-refractivity contribution in [2.45, 2.75) is 53.3 Å². The van der Waals surface area contributed by atoms with E-state index in [0.717, 1.165) is 33.7 Å². The summed E-state index contributed by atoms with van der Waals surface area (Å²) in [7, 11) is 0. The van der Waals surface area contributed by atoms with Crippen LogP contribution in [0.4, 0.5) is 0 Å². The van der Waals surface area contributed by atoms with Crippen LogP contribution >= 0.6 is 11.3 Å². The van der Waals surface area contributed by atoms with E-state index >= 15 is 0 Å². The Balaban J connectivity index is 0.000000246. The molecule has 0 spiro atoms. The number of rotatable bonds is 6. The van der Waals surface area contributed by atoms with Crippen molar-refractivity contribution >= 4 is 32.5 Å². The molecular weight excluding hydrogens is 819 g/mol. The van der Waals surface area contributed by atoms with Gasteiger partial charge in [0.25, 0.3) is 0 Å². The minimum Gasteiger partial charge on any atom is -0.333 e. The van der Waals surface area contributed by atoms with Crippen LogP contribution in [0.15, 0.2) is 128 Å². The van der Waals surface area contributed by atoms with Gasteiger partial charge in [0.15, 0.2) is 0 Å². The molecule has 0 aliphatic heterocycles. The molecule has 3 heterocycles. The monoisotopic (exact) mass is 863 g/mol. The Morgan fingerprint density at radius 3 is 2.14 bits per heavy atom. The summed E-state index contributed by atoms with van der Waals surface area (Å²) in [6.45, 7) is 9.28. The van der Waals surface area contributed by atoms with Gasteiger partial charge in [0.2, 0.25) is 0 Å². The zero-order valence-electron chi connectivity index (χ0n) is 32.4. The van der Waals surface area contributed by atoms with Gasteiger partial charge in [-0.1, -0.05) is 134 Å². The number of imidazole rings is 1. The van der Waals surface area contributed by atoms with Crippen molar-refractivity contribution in [3.8, 4) is 39.5 Å². The minimum absolute atomic E-state index is 0. The topological polar surface area (TPSA) is 30.7 Å². The first-order valence-corrected chi connectivity index (χ1v) is 17.9. The van der Waals surface area contributed by atoms with Crippen molar-refractivity contribution in [3.05, 3.63) is 161 Å². The van der Waals surface area contributed by atoms with E-state index in [9.17, 15) is 0 Å². The average molecular weight is 863 g/mol. The maximum Gasteiger partial charge on any atom is 0.0774 e. The zero-order valence-corrected chi connectivity index (χ0v) is 32.6. The van der Waals surface area contributed by atoms with Crippen molar-refractivity contribution in [1.82, 2.24) is 14.5 Å². The Kier molecular flexibility index (Phi) is 9.93. The van der Waals surface area contributed by atoms with E-state index in [2.05, 4.69) is 141 Å². The molecule has 0 unspecified atom stereocenters. The Hall–Kier alpha value is -4.67. The van der Waals surface area contributed by atoms with Crippen LogP contribution in [-0.2, 0) is 20.1 Å². The number of pyridine rings is 1. The summed E-state index contributed by atoms with van der Waals surface area (Å²) in [5, 5.41) is 4.85. The summed E-state index contributed by atoms with van der Waals surface area (Å²) in [6.07, 6.45) is 1.39. The molecule has 51 heavy (non-hydrogen) atoms. The molecule has 0 saturated carbocycles. The molecule has 0 bridgehead atoms. The molecule has 0 saturated heterocycles. The van der Waals surface area contributed by atoms with Crippen LogP contribution in [0.25, 0.3) is 60.6 Å². The van der Waals surface area contributed by atoms with Gasteiger partial charge in [-0.05, 0) is 71.3 Å². The van der Waals surface area contributed by atoms with Crippen molar-refractivity contribution in [2.75, 3.05) is 0 Å². The molecule has 0 N–H and O–H groups in total. The van der Waals surface area contributed by atoms with Gasteiger partial charge in [0, 0.05) is 36.1 Å². The standard InChI is InChI=1S/C34H31N2S.C12H10N.Ir/c1-21(2)26-17-23(5)18-27(22(3)4)33(26)36-31-14-10-9-13-30(31)35-34(36)29-20-37-32-16-15-25(19-28(29)32)24-11-7-6-8-12-24;1-10-7-8-12(13-9-10)11-5-3-2-4-6-11;/h6-19,21-22H,1-5H3;2-5,7-9H,1H3;/q2*-1;/i;1D3;. The van der Waals surface area contributed by atoms with E-state index in [0.29, 0.717) is 11.8 Å². The number of aromatic nitrogens is 3. The third-order valence-corrected chi connectivity index (χ3v) is 9.81. The van der Waals surface area contributed by atoms with Gasteiger partial charge in [-0.2, -0.15) is 0 Å². The molecule has 8 aromatic rings. The van der Waals surface area contributed by atoms with Crippen molar-refractivity contribution in [2.24, 2.45) is 0 Å². The third-order valence-electron chi connectivity index (χ3n) is 8.93. The fourth-order valence-corrected chi connectivity index (χ4v) is 7.27. The summed E-state index contributed by atoms with van der Waals surface area (Å²) < 4.78 is 25.3. The Labute approximate surface area is 323 Å². The van der Waals surface area contributed by atoms with E-state index in [1.165, 1.54) is 49.8 Å². The SMILES string of the molecule is Cc1cc(C(C)C)c(-n2c(-c3[c-]sc4ccc(-c5ccccc5)cc34)nc3ccccc32)c(C(C)C)c1.[2H]C([2H])([2H])c1ccc(-c2[c-]cccc2)nc1.[Ir]. The minimum atomic E-state index is -2.09. The van der Waals surface area contributed by atoms with Crippen LogP contribution in [0, 0.1) is 25.2 Å². The number of fused-ring (bicyclic) bond motifs is 2. The number of hydrogen-bond acceptors (Lipinski definition) is 3. The molecule has 0 atom stereocenters. The van der Waals surface area contributed by atoms with Crippen LogP contribution in [0.5, 0.6) is 0 Å². The van der Waals surface area contributed by atoms with Gasteiger partial charge < -0.3 is 9.55 Å². The maximum atomic E-state index is 7.23. The summed E-state index contributed by atoms with van der Waals surface area (Å²) in [5.41, 5.74) is 12.8. The van der Waals surface area contributed by atoms with Crippen LogP contribution in [0.3, 0.4) is 0 Å². The largest absolute Gasteiger partial charge is 0.333 e. The second-order valence-electron chi connectivity index (χ2n) is 13.2. The second kappa shape index (κ2) is 15.7. The predicted octanol–water partition coefficient (Wildman–Crippen LogP) is 12.8. The fraction of sp³-hybridized carbons (Fsp3) is 0.174. The molecule has 257 valence electrons. The van der Waals surface area contributed by atoms with Gasteiger partial charge in [-0.3, -0.25) is 16.3 Å². The van der Waals surface area contributed by atoms with Crippen LogP contribution in [0.1, 0.15) is 65.9 Å². The number of hydrogen-bond donors (Lipinski definition) is 0. The van der Waals surface area contributed by atoms with Crippen molar-refractivity contribution < 1.29 is 24.2 Å². The molecule has 5 heteroatoms. The van der Waals surface area contributed by atoms with Crippen LogP contribution in [0.2, 0.25) is 0 Å². The zero-order chi connectivity index (χ0) is 37.3. The molecule has 0 aliphatic rings. The first-order valence-electron chi connectivity index (χ1n) is 18.6. The van der Waals surface area contributed by atoms with Crippen LogP contribution in [-0.4, -0.2) is 14.5 Å². The van der Waals surface area contributed by atoms with E-state index in [4.69, 9.17) is 9.10 Å². The van der Waals surface area contributed by atoms with Gasteiger partial charge in [0.05, 0.1) is 16.9 Å². The number of thiophene rings is 1. The Bertz CT molecular complexity index is 2470. The first kappa shape index (κ1) is 32.3. The summed E-state index contributed by atoms with van der Waals surface area (Å²) in [4.78, 5) is 9.37. The van der Waals surface area contributed by atoms with E-state index in [1.807, 2.05) is 18.2 Å². The predicted molar refractivity (Wildman–Crippen MR) is 212 cm³/mol. The number of para-hydroxylation sites is 2. The smallest absolute Gasteiger partial charge is 0.0774 e. The number of benzene rings is 5. The van der Waals surface area contributed by atoms with E-state index in [1.54, 1.807) is 29.5 Å². The first-order chi connectivity index (χ1) is 25.5. The summed E-state index contributed by atoms with van der Waals surface area (Å²) in [6, 6.07) is 44.3. The Morgan fingerprint density at radius 1 is 0.745 bits per heavy atom. The van der Waals surface area contributed by atoms with Gasteiger partial charge in [-0.25, -0.2) is 0 Å².